The quantitative estimate of drug-likeness (QED) is 0.0767. The van der Waals surface area contributed by atoms with Gasteiger partial charge in [-0.25, -0.2) is 14.6 Å². The van der Waals surface area contributed by atoms with Gasteiger partial charge in [0.1, 0.15) is 23.9 Å². The van der Waals surface area contributed by atoms with E-state index < -0.39 is 60.1 Å². The zero-order valence-electron chi connectivity index (χ0n) is 32.8. The molecule has 0 aromatic carbocycles. The molecule has 300 valence electrons. The second-order valence-corrected chi connectivity index (χ2v) is 15.1. The number of esters is 3. The molecule has 2 saturated carbocycles. The van der Waals surface area contributed by atoms with Crippen molar-refractivity contribution in [1.82, 2.24) is 25.4 Å². The van der Waals surface area contributed by atoms with Crippen LogP contribution in [0, 0.1) is 17.8 Å². The molecule has 0 spiro atoms. The van der Waals surface area contributed by atoms with Crippen molar-refractivity contribution in [2.45, 2.75) is 102 Å². The summed E-state index contributed by atoms with van der Waals surface area (Å²) in [6, 6.07) is 1.20. The number of aromatic nitrogens is 1. The van der Waals surface area contributed by atoms with E-state index in [-0.39, 0.29) is 25.5 Å². The average molecular weight is 757 g/mol. The van der Waals surface area contributed by atoms with E-state index in [0.29, 0.717) is 43.5 Å². The van der Waals surface area contributed by atoms with Gasteiger partial charge in [0.2, 0.25) is 0 Å². The Balaban J connectivity index is 1.49. The SMILES string of the molecule is C=CNCOC(=O)[C@H](CC1CC1)N(C)C(=O)[C@@H](C)OC(=O)[C@H](CC(C)C)N(C)C(=O)[C@@H](Cc1ccc(N2CCOCC2)nc1)OC(=O)[C@H](CC1CC1)NC. The molecule has 1 aromatic heterocycles. The molecule has 1 aromatic rings. The van der Waals surface area contributed by atoms with Crippen molar-refractivity contribution < 1.29 is 42.9 Å². The molecule has 15 nitrogen and oxygen atoms in total. The molecule has 0 radical (unpaired) electrons. The summed E-state index contributed by atoms with van der Waals surface area (Å²) in [5.41, 5.74) is 0.680. The first-order valence-electron chi connectivity index (χ1n) is 19.2. The van der Waals surface area contributed by atoms with Crippen LogP contribution < -0.4 is 15.5 Å². The fourth-order valence-corrected chi connectivity index (χ4v) is 6.48. The smallest absolute Gasteiger partial charge is 0.330 e. The summed E-state index contributed by atoms with van der Waals surface area (Å²) in [7, 11) is 4.66. The Labute approximate surface area is 319 Å². The van der Waals surface area contributed by atoms with Gasteiger partial charge in [0, 0.05) is 39.8 Å². The molecule has 15 heteroatoms. The lowest BCUT2D eigenvalue weighted by atomic mass is 10.0. The molecule has 4 rings (SSSR count). The van der Waals surface area contributed by atoms with Crippen molar-refractivity contribution in [3.8, 4) is 0 Å². The molecule has 3 aliphatic rings. The second kappa shape index (κ2) is 20.4. The maximum absolute atomic E-state index is 14.3. The Morgan fingerprint density at radius 2 is 1.57 bits per heavy atom. The number of morpholine rings is 1. The van der Waals surface area contributed by atoms with Crippen molar-refractivity contribution in [3.63, 3.8) is 0 Å². The van der Waals surface area contributed by atoms with Crippen molar-refractivity contribution >= 4 is 35.5 Å². The predicted molar refractivity (Wildman–Crippen MR) is 201 cm³/mol. The molecule has 1 aliphatic heterocycles. The van der Waals surface area contributed by atoms with E-state index in [1.165, 1.54) is 37.0 Å². The lowest BCUT2D eigenvalue weighted by Crippen LogP contribution is -2.52. The number of nitrogens with zero attached hydrogens (tertiary/aromatic N) is 4. The minimum Gasteiger partial charge on any atom is -0.451 e. The van der Waals surface area contributed by atoms with Gasteiger partial charge in [0.05, 0.1) is 13.2 Å². The standard InChI is InChI=1S/C39H60N6O9/c1-8-41-24-52-38(49)32(21-28-11-12-28)43(6)35(46)26(4)53-39(50)31(19-25(2)3)44(7)36(47)33(54-37(48)30(40-5)20-27-9-10-27)22-29-13-14-34(42-23-29)45-15-17-51-18-16-45/h8,13-14,23,25-28,30-33,40-41H,1,9-12,15-22,24H2,2-7H3/t26-,30+,31+,32+,33-/m1/s1. The van der Waals surface area contributed by atoms with Crippen LogP contribution in [-0.4, -0.2) is 129 Å². The highest BCUT2D eigenvalue weighted by atomic mass is 16.6. The second-order valence-electron chi connectivity index (χ2n) is 15.1. The van der Waals surface area contributed by atoms with E-state index >= 15 is 0 Å². The fraction of sp³-hybridized carbons (Fsp3) is 0.692. The summed E-state index contributed by atoms with van der Waals surface area (Å²) >= 11 is 0. The van der Waals surface area contributed by atoms with Gasteiger partial charge in [-0.05, 0) is 68.8 Å². The third kappa shape index (κ3) is 12.7. The van der Waals surface area contributed by atoms with Gasteiger partial charge in [0.25, 0.3) is 11.8 Å². The summed E-state index contributed by atoms with van der Waals surface area (Å²) < 4.78 is 22.4. The van der Waals surface area contributed by atoms with E-state index in [4.69, 9.17) is 18.9 Å². The van der Waals surface area contributed by atoms with Gasteiger partial charge in [-0.1, -0.05) is 52.2 Å². The summed E-state index contributed by atoms with van der Waals surface area (Å²) in [5, 5.41) is 5.74. The zero-order chi connectivity index (χ0) is 39.4. The Bertz CT molecular complexity index is 1430. The molecule has 2 amide bonds. The minimum absolute atomic E-state index is 0.0368. The van der Waals surface area contributed by atoms with Crippen LogP contribution >= 0.6 is 0 Å². The van der Waals surface area contributed by atoms with Gasteiger partial charge in [-0.2, -0.15) is 0 Å². The molecule has 1 saturated heterocycles. The Hall–Kier alpha value is -4.24. The van der Waals surface area contributed by atoms with Crippen LogP contribution in [0.15, 0.2) is 31.1 Å². The van der Waals surface area contributed by atoms with Crippen LogP contribution in [0.2, 0.25) is 0 Å². The van der Waals surface area contributed by atoms with Gasteiger partial charge in [-0.15, -0.1) is 0 Å². The molecule has 3 fully saturated rings. The number of anilines is 1. The van der Waals surface area contributed by atoms with Crippen molar-refractivity contribution in [2.24, 2.45) is 17.8 Å². The first kappa shape index (κ1) is 42.5. The summed E-state index contributed by atoms with van der Waals surface area (Å²) in [6.07, 6.45) is 5.87. The normalized spacial score (nSPS) is 18.4. The van der Waals surface area contributed by atoms with Crippen molar-refractivity contribution in [1.29, 1.82) is 0 Å². The monoisotopic (exact) mass is 756 g/mol. The maximum atomic E-state index is 14.3. The summed E-state index contributed by atoms with van der Waals surface area (Å²) in [4.78, 5) is 77.4. The number of ether oxygens (including phenoxy) is 4. The van der Waals surface area contributed by atoms with Crippen LogP contribution in [0.1, 0.15) is 71.3 Å². The van der Waals surface area contributed by atoms with Crippen molar-refractivity contribution in [3.05, 3.63) is 36.7 Å². The van der Waals surface area contributed by atoms with Crippen LogP contribution in [0.25, 0.3) is 0 Å². The van der Waals surface area contributed by atoms with Crippen LogP contribution in [0.4, 0.5) is 5.82 Å². The first-order valence-corrected chi connectivity index (χ1v) is 19.2. The van der Waals surface area contributed by atoms with Crippen LogP contribution in [0.5, 0.6) is 0 Å². The van der Waals surface area contributed by atoms with Crippen LogP contribution in [0.3, 0.4) is 0 Å². The zero-order valence-corrected chi connectivity index (χ0v) is 32.8. The Morgan fingerprint density at radius 3 is 2.15 bits per heavy atom. The van der Waals surface area contributed by atoms with E-state index in [9.17, 15) is 24.0 Å². The van der Waals surface area contributed by atoms with Gasteiger partial charge in [0.15, 0.2) is 18.9 Å². The number of carbonyl (C=O) groups excluding carboxylic acids is 5. The lowest BCUT2D eigenvalue weighted by molar-refractivity contribution is -0.171. The average Bonchev–Trinajstić information content (AvgIpc) is 4.11. The Morgan fingerprint density at radius 1 is 0.926 bits per heavy atom. The highest BCUT2D eigenvalue weighted by Crippen LogP contribution is 2.35. The van der Waals surface area contributed by atoms with Gasteiger partial charge in [-0.3, -0.25) is 14.4 Å². The topological polar surface area (TPSA) is 169 Å². The molecular weight excluding hydrogens is 696 g/mol. The molecule has 2 N–H and O–H groups in total. The number of carbonyl (C=O) groups is 5. The highest BCUT2D eigenvalue weighted by Gasteiger charge is 2.40. The number of pyridine rings is 1. The molecule has 2 heterocycles. The number of hydrogen-bond donors (Lipinski definition) is 2. The molecule has 2 aliphatic carbocycles. The molecule has 5 atom stereocenters. The van der Waals surface area contributed by atoms with Gasteiger partial charge >= 0.3 is 17.9 Å². The highest BCUT2D eigenvalue weighted by molar-refractivity contribution is 5.91. The number of nitrogens with one attached hydrogen (secondary N) is 2. The van der Waals surface area contributed by atoms with E-state index in [2.05, 4.69) is 27.1 Å². The Kier molecular flexibility index (Phi) is 16.1. The molecule has 54 heavy (non-hydrogen) atoms. The van der Waals surface area contributed by atoms with E-state index in [1.807, 2.05) is 26.0 Å². The third-order valence-electron chi connectivity index (χ3n) is 10.2. The molecule has 0 unspecified atom stereocenters. The third-order valence-corrected chi connectivity index (χ3v) is 10.2. The maximum Gasteiger partial charge on any atom is 0.330 e. The summed E-state index contributed by atoms with van der Waals surface area (Å²) in [6.45, 7) is 11.4. The molecular formula is C39H60N6O9. The first-order chi connectivity index (χ1) is 25.8. The number of likely N-dealkylation sites (N-methyl/N-ethyl adjacent to an activating group) is 3. The summed E-state index contributed by atoms with van der Waals surface area (Å²) in [5.74, 6) is -1.58. The largest absolute Gasteiger partial charge is 0.451 e. The minimum atomic E-state index is -1.26. The predicted octanol–water partition coefficient (Wildman–Crippen LogP) is 2.43. The number of rotatable bonds is 22. The van der Waals surface area contributed by atoms with E-state index in [0.717, 1.165) is 44.6 Å². The number of hydrogen-bond acceptors (Lipinski definition) is 13. The van der Waals surface area contributed by atoms with Crippen LogP contribution in [-0.2, 0) is 49.3 Å². The fourth-order valence-electron chi connectivity index (χ4n) is 6.48. The van der Waals surface area contributed by atoms with E-state index in [1.54, 1.807) is 13.2 Å². The van der Waals surface area contributed by atoms with Gasteiger partial charge < -0.3 is 44.3 Å². The number of amides is 2. The van der Waals surface area contributed by atoms with Crippen molar-refractivity contribution in [2.75, 3.05) is 59.1 Å². The lowest BCUT2D eigenvalue weighted by Gasteiger charge is -2.33. The molecule has 0 bridgehead atoms.